The van der Waals surface area contributed by atoms with Crippen LogP contribution in [0.3, 0.4) is 0 Å². The molecule has 8 heteroatoms. The van der Waals surface area contributed by atoms with Crippen molar-refractivity contribution in [3.63, 3.8) is 0 Å². The van der Waals surface area contributed by atoms with Crippen LogP contribution in [0, 0.1) is 0 Å². The smallest absolute Gasteiger partial charge is 0.186 e. The normalized spacial score (nSPS) is 15.1. The lowest BCUT2D eigenvalue weighted by molar-refractivity contribution is -0.291. The summed E-state index contributed by atoms with van der Waals surface area (Å²) in [5, 5.41) is 43.9. The Morgan fingerprint density at radius 2 is 0.879 bits per heavy atom. The topological polar surface area (TPSA) is 129 Å². The van der Waals surface area contributed by atoms with Crippen molar-refractivity contribution in [1.82, 2.24) is 0 Å². The lowest BCUT2D eigenvalue weighted by Crippen LogP contribution is -2.39. The summed E-state index contributed by atoms with van der Waals surface area (Å²) in [6.45, 7) is 8.06. The quantitative estimate of drug-likeness (QED) is 0.117. The number of rotatable bonds is 22. The third-order valence-corrected chi connectivity index (χ3v) is 5.04. The predicted molar refractivity (Wildman–Crippen MR) is 131 cm³/mol. The van der Waals surface area contributed by atoms with Crippen molar-refractivity contribution in [2.75, 3.05) is 26.4 Å². The van der Waals surface area contributed by atoms with Crippen LogP contribution in [0.15, 0.2) is 0 Å². The van der Waals surface area contributed by atoms with Gasteiger partial charge in [-0.15, -0.1) is 0 Å². The summed E-state index contributed by atoms with van der Waals surface area (Å²) in [5.41, 5.74) is 0. The van der Waals surface area contributed by atoms with E-state index in [1.54, 1.807) is 13.8 Å². The van der Waals surface area contributed by atoms with E-state index in [9.17, 15) is 10.2 Å². The highest BCUT2D eigenvalue weighted by Gasteiger charge is 2.25. The van der Waals surface area contributed by atoms with E-state index in [2.05, 4.69) is 13.8 Å². The molecule has 0 radical (unpaired) electrons. The van der Waals surface area contributed by atoms with Gasteiger partial charge in [0.05, 0.1) is 13.2 Å². The van der Waals surface area contributed by atoms with Gasteiger partial charge < -0.3 is 39.7 Å². The zero-order chi connectivity index (χ0) is 25.3. The van der Waals surface area contributed by atoms with E-state index < -0.39 is 30.9 Å². The van der Waals surface area contributed by atoms with E-state index in [4.69, 9.17) is 29.5 Å². The molecule has 0 aliphatic rings. The monoisotopic (exact) mass is 482 g/mol. The number of aliphatic hydroxyl groups is 5. The summed E-state index contributed by atoms with van der Waals surface area (Å²) in [4.78, 5) is 0. The van der Waals surface area contributed by atoms with Crippen LogP contribution in [0.1, 0.15) is 105 Å². The van der Waals surface area contributed by atoms with Crippen molar-refractivity contribution in [2.24, 2.45) is 0 Å². The van der Waals surface area contributed by atoms with Crippen molar-refractivity contribution in [1.29, 1.82) is 0 Å². The Morgan fingerprint density at radius 1 is 0.545 bits per heavy atom. The van der Waals surface area contributed by atoms with Gasteiger partial charge in [-0.05, 0) is 26.7 Å². The average Bonchev–Trinajstić information content (AvgIpc) is 2.80. The van der Waals surface area contributed by atoms with Gasteiger partial charge in [-0.3, -0.25) is 0 Å². The van der Waals surface area contributed by atoms with Crippen LogP contribution in [0.2, 0.25) is 0 Å². The largest absolute Gasteiger partial charge is 0.394 e. The molecule has 0 bridgehead atoms. The first kappa shape index (κ1) is 34.8. The molecule has 0 aromatic rings. The Kier molecular flexibility index (Phi) is 27.8. The average molecular weight is 483 g/mol. The van der Waals surface area contributed by atoms with Crippen LogP contribution in [0.5, 0.6) is 0 Å². The molecule has 0 saturated carbocycles. The molecule has 0 amide bonds. The summed E-state index contributed by atoms with van der Waals surface area (Å²) in [7, 11) is 0. The highest BCUT2D eigenvalue weighted by molar-refractivity contribution is 4.60. The van der Waals surface area contributed by atoms with Gasteiger partial charge in [0.25, 0.3) is 0 Å². The highest BCUT2D eigenvalue weighted by atomic mass is 16.8. The van der Waals surface area contributed by atoms with Crippen LogP contribution in [0.25, 0.3) is 0 Å². The summed E-state index contributed by atoms with van der Waals surface area (Å²) >= 11 is 0. The summed E-state index contributed by atoms with van der Waals surface area (Å²) in [6.07, 6.45) is 10.1. The van der Waals surface area contributed by atoms with Crippen LogP contribution in [0.4, 0.5) is 0 Å². The Morgan fingerprint density at radius 3 is 1.15 bits per heavy atom. The zero-order valence-electron chi connectivity index (χ0n) is 21.7. The lowest BCUT2D eigenvalue weighted by Gasteiger charge is -2.28. The van der Waals surface area contributed by atoms with Crippen LogP contribution >= 0.6 is 0 Å². The maximum Gasteiger partial charge on any atom is 0.186 e. The van der Waals surface area contributed by atoms with Crippen LogP contribution in [-0.4, -0.2) is 82.9 Å². The molecule has 0 aromatic heterocycles. The number of hydrogen-bond acceptors (Lipinski definition) is 8. The van der Waals surface area contributed by atoms with Crippen molar-refractivity contribution >= 4 is 0 Å². The minimum Gasteiger partial charge on any atom is -0.394 e. The fraction of sp³-hybridized carbons (Fsp3) is 1.00. The van der Waals surface area contributed by atoms with Crippen molar-refractivity contribution < 1.29 is 39.7 Å². The molecule has 4 atom stereocenters. The molecule has 0 aliphatic heterocycles. The molecule has 0 fully saturated rings. The van der Waals surface area contributed by atoms with E-state index in [1.165, 1.54) is 51.4 Å². The van der Waals surface area contributed by atoms with Gasteiger partial charge in [0.2, 0.25) is 0 Å². The van der Waals surface area contributed by atoms with Gasteiger partial charge in [0, 0.05) is 13.2 Å². The molecule has 0 spiro atoms. The van der Waals surface area contributed by atoms with Gasteiger partial charge in [0.1, 0.15) is 18.3 Å². The minimum absolute atomic E-state index is 0.365. The highest BCUT2D eigenvalue weighted by Crippen LogP contribution is 2.13. The first-order chi connectivity index (χ1) is 15.8. The molecular weight excluding hydrogens is 428 g/mol. The molecule has 0 heterocycles. The second-order valence-electron chi connectivity index (χ2n) is 8.65. The number of unbranched alkanes of at least 4 members (excludes halogenated alkanes) is 10. The van der Waals surface area contributed by atoms with Gasteiger partial charge in [-0.1, -0.05) is 78.1 Å². The van der Waals surface area contributed by atoms with E-state index in [0.717, 1.165) is 25.7 Å². The predicted octanol–water partition coefficient (Wildman–Crippen LogP) is 3.50. The summed E-state index contributed by atoms with van der Waals surface area (Å²) < 4.78 is 17.1. The zero-order valence-corrected chi connectivity index (χ0v) is 21.7. The Balaban J connectivity index is 0. The first-order valence-corrected chi connectivity index (χ1v) is 13.0. The Labute approximate surface area is 202 Å². The second-order valence-corrected chi connectivity index (χ2v) is 8.65. The molecule has 8 nitrogen and oxygen atoms in total. The lowest BCUT2D eigenvalue weighted by atomic mass is 10.1. The molecule has 4 unspecified atom stereocenters. The molecule has 0 aliphatic carbocycles. The first-order valence-electron chi connectivity index (χ1n) is 13.0. The van der Waals surface area contributed by atoms with Gasteiger partial charge >= 0.3 is 0 Å². The molecular formula is C25H54O8. The molecule has 202 valence electrons. The molecule has 0 saturated heterocycles. The SMILES string of the molecule is CCCCCCCCOC(OC(OCCCCCCCC)C(C)O)C(C)O.OCC(O)CO. The van der Waals surface area contributed by atoms with Crippen LogP contribution in [-0.2, 0) is 14.2 Å². The number of aliphatic hydroxyl groups excluding tert-OH is 5. The number of ether oxygens (including phenoxy) is 3. The van der Waals surface area contributed by atoms with Crippen LogP contribution < -0.4 is 0 Å². The fourth-order valence-corrected chi connectivity index (χ4v) is 2.94. The van der Waals surface area contributed by atoms with E-state index in [-0.39, 0.29) is 13.2 Å². The summed E-state index contributed by atoms with van der Waals surface area (Å²) in [5.74, 6) is 0. The molecule has 33 heavy (non-hydrogen) atoms. The fourth-order valence-electron chi connectivity index (χ4n) is 2.94. The van der Waals surface area contributed by atoms with E-state index >= 15 is 0 Å². The van der Waals surface area contributed by atoms with Crippen molar-refractivity contribution in [3.8, 4) is 0 Å². The van der Waals surface area contributed by atoms with Crippen molar-refractivity contribution in [3.05, 3.63) is 0 Å². The summed E-state index contributed by atoms with van der Waals surface area (Å²) in [6, 6.07) is 0. The van der Waals surface area contributed by atoms with Crippen molar-refractivity contribution in [2.45, 2.75) is 136 Å². The Bertz CT molecular complexity index is 336. The minimum atomic E-state index is -0.954. The van der Waals surface area contributed by atoms with Gasteiger partial charge in [0.15, 0.2) is 12.6 Å². The maximum atomic E-state index is 9.92. The molecule has 0 aromatic carbocycles. The Hall–Kier alpha value is -0.320. The molecule has 5 N–H and O–H groups in total. The molecule has 0 rings (SSSR count). The third-order valence-electron chi connectivity index (χ3n) is 5.04. The maximum absolute atomic E-state index is 9.92. The van der Waals surface area contributed by atoms with Gasteiger partial charge in [-0.2, -0.15) is 0 Å². The van der Waals surface area contributed by atoms with Gasteiger partial charge in [-0.25, -0.2) is 0 Å². The standard InChI is InChI=1S/C22H46O5.C3H8O3/c1-5-7-9-11-13-15-17-25-21(19(3)23)27-22(20(4)24)26-18-16-14-12-10-8-6-2;4-1-3(6)2-5/h19-24H,5-18H2,1-4H3;3-6H,1-2H2. The second kappa shape index (κ2) is 26.3. The van der Waals surface area contributed by atoms with E-state index in [0.29, 0.717) is 13.2 Å². The number of hydrogen-bond donors (Lipinski definition) is 5. The van der Waals surface area contributed by atoms with E-state index in [1.807, 2.05) is 0 Å². The third kappa shape index (κ3) is 24.6.